The highest BCUT2D eigenvalue weighted by molar-refractivity contribution is 5.80. The van der Waals surface area contributed by atoms with E-state index < -0.39 is 11.7 Å². The molecule has 0 radical (unpaired) electrons. The number of carbonyl (C=O) groups is 1. The molecule has 0 aliphatic carbocycles. The van der Waals surface area contributed by atoms with Crippen molar-refractivity contribution in [3.8, 4) is 0 Å². The molecule has 1 aliphatic rings. The van der Waals surface area contributed by atoms with Gasteiger partial charge in [0.05, 0.1) is 17.6 Å². The van der Waals surface area contributed by atoms with Crippen LogP contribution in [0.15, 0.2) is 18.3 Å². The van der Waals surface area contributed by atoms with E-state index in [1.165, 1.54) is 6.07 Å². The number of ether oxygens (including phenoxy) is 1. The number of aromatic nitrogens is 1. The van der Waals surface area contributed by atoms with E-state index in [9.17, 15) is 18.0 Å². The average Bonchev–Trinajstić information content (AvgIpc) is 3.03. The topological polar surface area (TPSA) is 54.5 Å². The van der Waals surface area contributed by atoms with Gasteiger partial charge in [-0.2, -0.15) is 13.2 Å². The minimum Gasteiger partial charge on any atom is -0.379 e. The molecule has 8 heteroatoms. The van der Waals surface area contributed by atoms with Crippen LogP contribution in [0.2, 0.25) is 0 Å². The van der Waals surface area contributed by atoms with Crippen molar-refractivity contribution in [1.29, 1.82) is 0 Å². The van der Waals surface area contributed by atoms with Crippen molar-refractivity contribution in [3.63, 3.8) is 0 Å². The minimum absolute atomic E-state index is 0.0287. The average molecular weight is 359 g/mol. The number of nitrogens with zero attached hydrogens (tertiary/aromatic N) is 2. The Kier molecular flexibility index (Phi) is 6.64. The third kappa shape index (κ3) is 5.88. The molecule has 0 aromatic carbocycles. The molecule has 0 unspecified atom stereocenters. The van der Waals surface area contributed by atoms with Crippen LogP contribution in [0.25, 0.3) is 0 Å². The summed E-state index contributed by atoms with van der Waals surface area (Å²) < 4.78 is 43.1. The highest BCUT2D eigenvalue weighted by Gasteiger charge is 2.32. The predicted octanol–water partition coefficient (Wildman–Crippen LogP) is 2.86. The SMILES string of the molecule is CC(C)OCCCNC(=O)[C@H]1CCN(c2ccc(C(F)(F)F)cn2)C1. The van der Waals surface area contributed by atoms with Crippen LogP contribution in [0.4, 0.5) is 19.0 Å². The van der Waals surface area contributed by atoms with Crippen molar-refractivity contribution >= 4 is 11.7 Å². The number of alkyl halides is 3. The molecule has 25 heavy (non-hydrogen) atoms. The van der Waals surface area contributed by atoms with Gasteiger partial charge in [-0.25, -0.2) is 4.98 Å². The van der Waals surface area contributed by atoms with E-state index in [2.05, 4.69) is 10.3 Å². The number of carbonyl (C=O) groups excluding carboxylic acids is 1. The Labute approximate surface area is 145 Å². The lowest BCUT2D eigenvalue weighted by molar-refractivity contribution is -0.137. The summed E-state index contributed by atoms with van der Waals surface area (Å²) in [4.78, 5) is 17.9. The van der Waals surface area contributed by atoms with Crippen molar-refractivity contribution in [2.24, 2.45) is 5.92 Å². The molecule has 1 fully saturated rings. The molecule has 2 heterocycles. The van der Waals surface area contributed by atoms with Gasteiger partial charge < -0.3 is 15.0 Å². The van der Waals surface area contributed by atoms with Gasteiger partial charge in [-0.3, -0.25) is 4.79 Å². The van der Waals surface area contributed by atoms with Gasteiger partial charge in [0.2, 0.25) is 5.91 Å². The Bertz CT molecular complexity index is 561. The normalized spacial score (nSPS) is 18.0. The van der Waals surface area contributed by atoms with Crippen molar-refractivity contribution in [3.05, 3.63) is 23.9 Å². The summed E-state index contributed by atoms with van der Waals surface area (Å²) in [6, 6.07) is 2.37. The Morgan fingerprint density at radius 3 is 2.80 bits per heavy atom. The Morgan fingerprint density at radius 2 is 2.20 bits per heavy atom. The number of hydrogen-bond acceptors (Lipinski definition) is 4. The van der Waals surface area contributed by atoms with E-state index >= 15 is 0 Å². The van der Waals surface area contributed by atoms with E-state index in [1.54, 1.807) is 0 Å². The standard InChI is InChI=1S/C17H24F3N3O2/c1-12(2)25-9-3-7-21-16(24)13-6-8-23(11-13)15-5-4-14(10-22-15)17(18,19)20/h4-5,10,12-13H,3,6-9,11H2,1-2H3,(H,21,24)/t13-/m0/s1. The number of nitrogens with one attached hydrogen (secondary N) is 1. The molecule has 2 rings (SSSR count). The van der Waals surface area contributed by atoms with Gasteiger partial charge >= 0.3 is 6.18 Å². The van der Waals surface area contributed by atoms with Gasteiger partial charge in [-0.05, 0) is 38.8 Å². The van der Waals surface area contributed by atoms with Crippen LogP contribution >= 0.6 is 0 Å². The number of anilines is 1. The fraction of sp³-hybridized carbons (Fsp3) is 0.647. The number of halogens is 3. The first-order valence-electron chi connectivity index (χ1n) is 8.45. The third-order valence-corrected chi connectivity index (χ3v) is 4.03. The van der Waals surface area contributed by atoms with E-state index in [0.717, 1.165) is 18.7 Å². The lowest BCUT2D eigenvalue weighted by atomic mass is 10.1. The molecule has 1 aromatic rings. The van der Waals surface area contributed by atoms with Crippen LogP contribution < -0.4 is 10.2 Å². The highest BCUT2D eigenvalue weighted by atomic mass is 19.4. The minimum atomic E-state index is -4.39. The second-order valence-corrected chi connectivity index (χ2v) is 6.40. The van der Waals surface area contributed by atoms with Crippen LogP contribution in [-0.4, -0.2) is 43.2 Å². The quantitative estimate of drug-likeness (QED) is 0.761. The van der Waals surface area contributed by atoms with Gasteiger partial charge in [-0.15, -0.1) is 0 Å². The molecule has 0 saturated carbocycles. The first-order chi connectivity index (χ1) is 11.8. The third-order valence-electron chi connectivity index (χ3n) is 4.03. The molecule has 1 N–H and O–H groups in total. The fourth-order valence-corrected chi connectivity index (χ4v) is 2.67. The van der Waals surface area contributed by atoms with Crippen molar-refractivity contribution in [2.75, 3.05) is 31.1 Å². The van der Waals surface area contributed by atoms with Gasteiger partial charge in [0.15, 0.2) is 0 Å². The van der Waals surface area contributed by atoms with Gasteiger partial charge in [0.25, 0.3) is 0 Å². The summed E-state index contributed by atoms with van der Waals surface area (Å²) in [6.07, 6.45) is -1.97. The van der Waals surface area contributed by atoms with Crippen molar-refractivity contribution in [2.45, 2.75) is 39.0 Å². The van der Waals surface area contributed by atoms with Crippen molar-refractivity contribution in [1.82, 2.24) is 10.3 Å². The summed E-state index contributed by atoms with van der Waals surface area (Å²) >= 11 is 0. The maximum Gasteiger partial charge on any atom is 0.417 e. The van der Waals surface area contributed by atoms with Crippen LogP contribution in [0.5, 0.6) is 0 Å². The van der Waals surface area contributed by atoms with E-state index in [0.29, 0.717) is 38.5 Å². The Balaban J connectivity index is 1.78. The maximum atomic E-state index is 12.6. The first-order valence-corrected chi connectivity index (χ1v) is 8.45. The fourth-order valence-electron chi connectivity index (χ4n) is 2.67. The van der Waals surface area contributed by atoms with E-state index in [1.807, 2.05) is 18.7 Å². The van der Waals surface area contributed by atoms with Gasteiger partial charge in [-0.1, -0.05) is 0 Å². The lowest BCUT2D eigenvalue weighted by Crippen LogP contribution is -2.34. The first kappa shape index (κ1) is 19.5. The van der Waals surface area contributed by atoms with Crippen LogP contribution in [0.3, 0.4) is 0 Å². The molecule has 1 aromatic heterocycles. The number of hydrogen-bond donors (Lipinski definition) is 1. The molecule has 1 saturated heterocycles. The summed E-state index contributed by atoms with van der Waals surface area (Å²) in [5, 5.41) is 2.88. The van der Waals surface area contributed by atoms with Crippen LogP contribution in [0.1, 0.15) is 32.3 Å². The van der Waals surface area contributed by atoms with Gasteiger partial charge in [0, 0.05) is 32.4 Å². The smallest absolute Gasteiger partial charge is 0.379 e. The molecular weight excluding hydrogens is 335 g/mol. The summed E-state index contributed by atoms with van der Waals surface area (Å²) in [5.74, 6) is 0.266. The molecule has 1 amide bonds. The van der Waals surface area contributed by atoms with E-state index in [-0.39, 0.29) is 17.9 Å². The molecule has 0 spiro atoms. The monoisotopic (exact) mass is 359 g/mol. The number of amides is 1. The van der Waals surface area contributed by atoms with Crippen LogP contribution in [-0.2, 0) is 15.7 Å². The maximum absolute atomic E-state index is 12.6. The molecule has 0 bridgehead atoms. The number of rotatable bonds is 7. The molecule has 140 valence electrons. The van der Waals surface area contributed by atoms with Gasteiger partial charge in [0.1, 0.15) is 5.82 Å². The molecule has 1 atom stereocenters. The Hall–Kier alpha value is -1.83. The molecule has 1 aliphatic heterocycles. The lowest BCUT2D eigenvalue weighted by Gasteiger charge is -2.18. The zero-order chi connectivity index (χ0) is 18.4. The zero-order valence-corrected chi connectivity index (χ0v) is 14.5. The summed E-state index contributed by atoms with van der Waals surface area (Å²) in [7, 11) is 0. The number of pyridine rings is 1. The highest BCUT2D eigenvalue weighted by Crippen LogP contribution is 2.30. The summed E-state index contributed by atoms with van der Waals surface area (Å²) in [6.45, 7) is 6.15. The molecule has 5 nitrogen and oxygen atoms in total. The van der Waals surface area contributed by atoms with Crippen molar-refractivity contribution < 1.29 is 22.7 Å². The zero-order valence-electron chi connectivity index (χ0n) is 14.5. The summed E-state index contributed by atoms with van der Waals surface area (Å²) in [5.41, 5.74) is -0.770. The van der Waals surface area contributed by atoms with E-state index in [4.69, 9.17) is 4.74 Å². The predicted molar refractivity (Wildman–Crippen MR) is 88.3 cm³/mol. The second kappa shape index (κ2) is 8.51. The molecular formula is C17H24F3N3O2. The largest absolute Gasteiger partial charge is 0.417 e. The Morgan fingerprint density at radius 1 is 1.44 bits per heavy atom. The van der Waals surface area contributed by atoms with Crippen LogP contribution in [0, 0.1) is 5.92 Å². The second-order valence-electron chi connectivity index (χ2n) is 6.40.